The van der Waals surface area contributed by atoms with Crippen LogP contribution in [0.15, 0.2) is 77.7 Å². The lowest BCUT2D eigenvalue weighted by Crippen LogP contribution is -2.18. The maximum Gasteiger partial charge on any atom is 0.326 e. The third-order valence-electron chi connectivity index (χ3n) is 4.15. The van der Waals surface area contributed by atoms with E-state index in [1.165, 1.54) is 0 Å². The quantitative estimate of drug-likeness (QED) is 0.586. The number of hydrogen-bond acceptors (Lipinski definition) is 3. The molecule has 0 spiro atoms. The van der Waals surface area contributed by atoms with Crippen molar-refractivity contribution < 1.29 is 0 Å². The summed E-state index contributed by atoms with van der Waals surface area (Å²) in [6.07, 6.45) is 2.49. The summed E-state index contributed by atoms with van der Waals surface area (Å²) in [6, 6.07) is 21.7. The van der Waals surface area contributed by atoms with Gasteiger partial charge in [-0.2, -0.15) is 0 Å². The fourth-order valence-electron chi connectivity index (χ4n) is 2.92. The van der Waals surface area contributed by atoms with Crippen molar-refractivity contribution in [2.75, 3.05) is 5.32 Å². The fraction of sp³-hybridized carbons (Fsp3) is 0.100. The number of hydrogen-bond donors (Lipinski definition) is 2. The van der Waals surface area contributed by atoms with Gasteiger partial charge < -0.3 is 10.3 Å². The smallest absolute Gasteiger partial charge is 0.326 e. The molecule has 0 unspecified atom stereocenters. The summed E-state index contributed by atoms with van der Waals surface area (Å²) in [5.74, 6) is 0. The Morgan fingerprint density at radius 2 is 1.80 bits per heavy atom. The number of fused-ring (bicyclic) bond motifs is 1. The minimum atomic E-state index is -0.0946. The molecule has 2 aromatic heterocycles. The number of nitrogens with zero attached hydrogens (tertiary/aromatic N) is 2. The number of pyridine rings is 1. The SMILES string of the molecule is O=c1[nH]c2cc(Nc3ccccc3)ccc2n1CCc1ccccn1. The molecule has 2 heterocycles. The zero-order chi connectivity index (χ0) is 17.1. The second-order valence-electron chi connectivity index (χ2n) is 5.88. The average Bonchev–Trinajstić information content (AvgIpc) is 2.96. The van der Waals surface area contributed by atoms with Crippen LogP contribution in [-0.2, 0) is 13.0 Å². The van der Waals surface area contributed by atoms with Gasteiger partial charge in [0.2, 0.25) is 0 Å². The number of imidazole rings is 1. The van der Waals surface area contributed by atoms with E-state index >= 15 is 0 Å². The maximum absolute atomic E-state index is 12.3. The summed E-state index contributed by atoms with van der Waals surface area (Å²) in [5, 5.41) is 3.34. The molecule has 124 valence electrons. The summed E-state index contributed by atoms with van der Waals surface area (Å²) < 4.78 is 1.76. The van der Waals surface area contributed by atoms with Crippen LogP contribution in [0, 0.1) is 0 Å². The number of aromatic nitrogens is 3. The second kappa shape index (κ2) is 6.65. The highest BCUT2D eigenvalue weighted by Crippen LogP contribution is 2.20. The van der Waals surface area contributed by atoms with Crippen LogP contribution in [0.5, 0.6) is 0 Å². The van der Waals surface area contributed by atoms with Crippen molar-refractivity contribution in [1.29, 1.82) is 0 Å². The molecule has 2 N–H and O–H groups in total. The fourth-order valence-corrected chi connectivity index (χ4v) is 2.92. The third kappa shape index (κ3) is 3.30. The zero-order valence-electron chi connectivity index (χ0n) is 13.6. The van der Waals surface area contributed by atoms with Crippen molar-refractivity contribution >= 4 is 22.4 Å². The molecule has 2 aromatic carbocycles. The largest absolute Gasteiger partial charge is 0.355 e. The van der Waals surface area contributed by atoms with Crippen LogP contribution in [0.25, 0.3) is 11.0 Å². The highest BCUT2D eigenvalue weighted by Gasteiger charge is 2.08. The van der Waals surface area contributed by atoms with Gasteiger partial charge in [0, 0.05) is 36.2 Å². The lowest BCUT2D eigenvalue weighted by Gasteiger charge is -2.07. The molecule has 0 radical (unpaired) electrons. The Morgan fingerprint density at radius 1 is 0.960 bits per heavy atom. The Hall–Kier alpha value is -3.34. The molecule has 4 aromatic rings. The number of para-hydroxylation sites is 1. The highest BCUT2D eigenvalue weighted by atomic mass is 16.1. The van der Waals surface area contributed by atoms with Crippen LogP contribution in [0.1, 0.15) is 5.69 Å². The first-order valence-corrected chi connectivity index (χ1v) is 8.24. The van der Waals surface area contributed by atoms with Gasteiger partial charge in [-0.15, -0.1) is 0 Å². The highest BCUT2D eigenvalue weighted by molar-refractivity contribution is 5.80. The Labute approximate surface area is 145 Å². The number of anilines is 2. The Kier molecular flexibility index (Phi) is 4.04. The summed E-state index contributed by atoms with van der Waals surface area (Å²) in [6.45, 7) is 0.599. The van der Waals surface area contributed by atoms with E-state index in [1.54, 1.807) is 10.8 Å². The predicted molar refractivity (Wildman–Crippen MR) is 100 cm³/mol. The van der Waals surface area contributed by atoms with E-state index in [0.717, 1.165) is 34.5 Å². The minimum absolute atomic E-state index is 0.0946. The molecule has 5 nitrogen and oxygen atoms in total. The van der Waals surface area contributed by atoms with Gasteiger partial charge in [-0.3, -0.25) is 9.55 Å². The molecule has 0 saturated carbocycles. The first-order chi connectivity index (χ1) is 12.3. The van der Waals surface area contributed by atoms with Crippen molar-refractivity contribution in [1.82, 2.24) is 14.5 Å². The molecule has 0 saturated heterocycles. The molecule has 0 atom stereocenters. The van der Waals surface area contributed by atoms with Crippen molar-refractivity contribution in [2.45, 2.75) is 13.0 Å². The Morgan fingerprint density at radius 3 is 2.60 bits per heavy atom. The van der Waals surface area contributed by atoms with E-state index in [-0.39, 0.29) is 5.69 Å². The molecule has 0 amide bonds. The van der Waals surface area contributed by atoms with Gasteiger partial charge in [-0.25, -0.2) is 4.79 Å². The van der Waals surface area contributed by atoms with Crippen LogP contribution < -0.4 is 11.0 Å². The van der Waals surface area contributed by atoms with Gasteiger partial charge >= 0.3 is 5.69 Å². The van der Waals surface area contributed by atoms with Crippen molar-refractivity contribution in [3.63, 3.8) is 0 Å². The van der Waals surface area contributed by atoms with Crippen LogP contribution >= 0.6 is 0 Å². The van der Waals surface area contributed by atoms with Gasteiger partial charge in [0.05, 0.1) is 11.0 Å². The van der Waals surface area contributed by atoms with Crippen LogP contribution in [-0.4, -0.2) is 14.5 Å². The van der Waals surface area contributed by atoms with Gasteiger partial charge in [0.15, 0.2) is 0 Å². The van der Waals surface area contributed by atoms with Crippen LogP contribution in [0.3, 0.4) is 0 Å². The molecular formula is C20H18N4O. The first-order valence-electron chi connectivity index (χ1n) is 8.24. The number of H-pyrrole nitrogens is 1. The van der Waals surface area contributed by atoms with Crippen molar-refractivity contribution in [3.8, 4) is 0 Å². The molecule has 5 heteroatoms. The van der Waals surface area contributed by atoms with E-state index in [4.69, 9.17) is 0 Å². The first kappa shape index (κ1) is 15.2. The van der Waals surface area contributed by atoms with E-state index in [1.807, 2.05) is 66.7 Å². The van der Waals surface area contributed by atoms with Crippen LogP contribution in [0.2, 0.25) is 0 Å². The standard InChI is InChI=1S/C20H18N4O/c25-20-23-18-14-17(22-16-7-2-1-3-8-16)9-10-19(18)24(20)13-11-15-6-4-5-12-21-15/h1-10,12,14,22H,11,13H2,(H,23,25). The van der Waals surface area contributed by atoms with E-state index in [0.29, 0.717) is 6.54 Å². The second-order valence-corrected chi connectivity index (χ2v) is 5.88. The molecule has 0 fully saturated rings. The zero-order valence-corrected chi connectivity index (χ0v) is 13.6. The van der Waals surface area contributed by atoms with E-state index in [9.17, 15) is 4.79 Å². The average molecular weight is 330 g/mol. The Balaban J connectivity index is 1.59. The van der Waals surface area contributed by atoms with Gasteiger partial charge in [0.25, 0.3) is 0 Å². The number of aromatic amines is 1. The van der Waals surface area contributed by atoms with E-state index in [2.05, 4.69) is 15.3 Å². The van der Waals surface area contributed by atoms with Gasteiger partial charge in [-0.05, 0) is 42.5 Å². The molecule has 0 aliphatic rings. The maximum atomic E-state index is 12.3. The summed E-state index contributed by atoms with van der Waals surface area (Å²) in [4.78, 5) is 19.5. The normalized spacial score (nSPS) is 10.9. The van der Waals surface area contributed by atoms with Crippen molar-refractivity contribution in [3.05, 3.63) is 89.1 Å². The number of nitrogens with one attached hydrogen (secondary N) is 2. The lowest BCUT2D eigenvalue weighted by molar-refractivity contribution is 0.681. The molecule has 0 aliphatic heterocycles. The predicted octanol–water partition coefficient (Wildman–Crippen LogP) is 3.71. The summed E-state index contributed by atoms with van der Waals surface area (Å²) in [5.41, 5.74) is 4.57. The lowest BCUT2D eigenvalue weighted by atomic mass is 10.2. The molecule has 0 aliphatic carbocycles. The summed E-state index contributed by atoms with van der Waals surface area (Å²) >= 11 is 0. The van der Waals surface area contributed by atoms with Gasteiger partial charge in [-0.1, -0.05) is 24.3 Å². The number of benzene rings is 2. The summed E-state index contributed by atoms with van der Waals surface area (Å²) in [7, 11) is 0. The molecule has 4 rings (SSSR count). The third-order valence-corrected chi connectivity index (χ3v) is 4.15. The Bertz CT molecular complexity index is 1040. The number of rotatable bonds is 5. The van der Waals surface area contributed by atoms with E-state index < -0.39 is 0 Å². The minimum Gasteiger partial charge on any atom is -0.355 e. The van der Waals surface area contributed by atoms with Crippen molar-refractivity contribution in [2.24, 2.45) is 0 Å². The number of aryl methyl sites for hydroxylation is 2. The monoisotopic (exact) mass is 330 g/mol. The van der Waals surface area contributed by atoms with Gasteiger partial charge in [0.1, 0.15) is 0 Å². The molecular weight excluding hydrogens is 312 g/mol. The molecule has 25 heavy (non-hydrogen) atoms. The molecule has 0 bridgehead atoms. The topological polar surface area (TPSA) is 62.7 Å². The van der Waals surface area contributed by atoms with Crippen LogP contribution in [0.4, 0.5) is 11.4 Å².